The summed E-state index contributed by atoms with van der Waals surface area (Å²) >= 11 is 13.0. The van der Waals surface area contributed by atoms with Gasteiger partial charge in [0.05, 0.1) is 6.61 Å². The third-order valence-corrected chi connectivity index (χ3v) is 7.61. The molecule has 0 unspecified atom stereocenters. The second kappa shape index (κ2) is 10.5. The topological polar surface area (TPSA) is 84.9 Å². The van der Waals surface area contributed by atoms with Gasteiger partial charge < -0.3 is 14.8 Å². The van der Waals surface area contributed by atoms with Gasteiger partial charge in [-0.15, -0.1) is 23.2 Å². The van der Waals surface area contributed by atoms with E-state index < -0.39 is 47.1 Å². The molecule has 0 radical (unpaired) electrons. The summed E-state index contributed by atoms with van der Waals surface area (Å²) in [6.45, 7) is -0.106. The molecule has 2 saturated heterocycles. The van der Waals surface area contributed by atoms with Crippen LogP contribution in [0.2, 0.25) is 0 Å². The number of alkyl halides is 2. The number of ether oxygens (including phenoxy) is 2. The van der Waals surface area contributed by atoms with E-state index in [1.54, 1.807) is 30.3 Å². The van der Waals surface area contributed by atoms with Crippen molar-refractivity contribution in [2.24, 2.45) is 0 Å². The summed E-state index contributed by atoms with van der Waals surface area (Å²) in [6.07, 6.45) is -1.60. The molecule has 9 heteroatoms. The van der Waals surface area contributed by atoms with Gasteiger partial charge in [0.1, 0.15) is 4.87 Å². The highest BCUT2D eigenvalue weighted by molar-refractivity contribution is 6.32. The molecule has 0 aliphatic carbocycles. The number of halogens is 2. The van der Waals surface area contributed by atoms with Crippen molar-refractivity contribution in [2.45, 2.75) is 29.3 Å². The molecule has 37 heavy (non-hydrogen) atoms. The van der Waals surface area contributed by atoms with Gasteiger partial charge in [0.2, 0.25) is 0 Å². The standard InChI is InChI=1S/C28H24Cl2N2O5/c29-16-28(30)17-36-26-21(31-24(33)20-14-8-3-9-15-20)25(34)32(26)23(28)27(35)37-22(18-10-4-1-5-11-18)19-12-6-2-7-13-19/h1-15,21-23,26H,16-17H2,(H,31,33)/t21-,23-,26+,28-/m0/s1. The lowest BCUT2D eigenvalue weighted by Crippen LogP contribution is -2.81. The molecule has 0 aromatic heterocycles. The van der Waals surface area contributed by atoms with E-state index in [1.807, 2.05) is 60.7 Å². The predicted octanol–water partition coefficient (Wildman–Crippen LogP) is 3.90. The summed E-state index contributed by atoms with van der Waals surface area (Å²) < 4.78 is 11.9. The minimum atomic E-state index is -1.41. The van der Waals surface area contributed by atoms with Crippen LogP contribution in [0, 0.1) is 0 Å². The second-order valence-corrected chi connectivity index (χ2v) is 9.99. The Labute approximate surface area is 224 Å². The molecular formula is C28H24Cl2N2O5. The average Bonchev–Trinajstić information content (AvgIpc) is 2.95. The molecule has 3 aromatic carbocycles. The second-order valence-electron chi connectivity index (χ2n) is 8.97. The lowest BCUT2D eigenvalue weighted by Gasteiger charge is -2.56. The number of carbonyl (C=O) groups is 3. The molecule has 4 atom stereocenters. The quantitative estimate of drug-likeness (QED) is 0.280. The summed E-state index contributed by atoms with van der Waals surface area (Å²) in [5, 5.41) is 2.70. The number of fused-ring (bicyclic) bond motifs is 1. The van der Waals surface area contributed by atoms with Gasteiger partial charge in [-0.3, -0.25) is 14.5 Å². The zero-order chi connectivity index (χ0) is 26.0. The van der Waals surface area contributed by atoms with Crippen LogP contribution in [0.15, 0.2) is 91.0 Å². The van der Waals surface area contributed by atoms with Crippen LogP contribution in [0.1, 0.15) is 27.6 Å². The van der Waals surface area contributed by atoms with Crippen LogP contribution in [0.4, 0.5) is 0 Å². The number of β-lactam (4-membered cyclic amide) rings is 1. The zero-order valence-corrected chi connectivity index (χ0v) is 21.1. The van der Waals surface area contributed by atoms with E-state index in [1.165, 1.54) is 4.90 Å². The van der Waals surface area contributed by atoms with Crippen molar-refractivity contribution in [1.82, 2.24) is 10.2 Å². The number of nitrogens with zero attached hydrogens (tertiary/aromatic N) is 1. The maximum Gasteiger partial charge on any atom is 0.331 e. The molecule has 0 bridgehead atoms. The van der Waals surface area contributed by atoms with E-state index >= 15 is 0 Å². The highest BCUT2D eigenvalue weighted by atomic mass is 35.5. The van der Waals surface area contributed by atoms with Crippen LogP contribution >= 0.6 is 23.2 Å². The highest BCUT2D eigenvalue weighted by Gasteiger charge is 2.63. The summed E-state index contributed by atoms with van der Waals surface area (Å²) in [6, 6.07) is 25.0. The van der Waals surface area contributed by atoms with Crippen LogP contribution in [0.3, 0.4) is 0 Å². The lowest BCUT2D eigenvalue weighted by molar-refractivity contribution is -0.220. The molecule has 1 N–H and O–H groups in total. The van der Waals surface area contributed by atoms with Crippen LogP contribution in [0.25, 0.3) is 0 Å². The van der Waals surface area contributed by atoms with E-state index in [9.17, 15) is 14.4 Å². The van der Waals surface area contributed by atoms with E-state index in [0.29, 0.717) is 5.56 Å². The first-order valence-corrected chi connectivity index (χ1v) is 12.7. The van der Waals surface area contributed by atoms with Crippen molar-refractivity contribution in [1.29, 1.82) is 0 Å². The van der Waals surface area contributed by atoms with Gasteiger partial charge >= 0.3 is 5.97 Å². The number of nitrogens with one attached hydrogen (secondary N) is 1. The first-order valence-electron chi connectivity index (χ1n) is 11.8. The summed E-state index contributed by atoms with van der Waals surface area (Å²) in [4.78, 5) is 39.4. The van der Waals surface area contributed by atoms with E-state index in [-0.39, 0.29) is 12.5 Å². The van der Waals surface area contributed by atoms with Gasteiger partial charge in [0, 0.05) is 11.4 Å². The first kappa shape index (κ1) is 25.3. The van der Waals surface area contributed by atoms with Gasteiger partial charge in [0.15, 0.2) is 24.4 Å². The number of hydrogen-bond acceptors (Lipinski definition) is 5. The number of carbonyl (C=O) groups excluding carboxylic acids is 3. The summed E-state index contributed by atoms with van der Waals surface area (Å²) in [5.74, 6) is -1.78. The Bertz CT molecular complexity index is 1240. The monoisotopic (exact) mass is 538 g/mol. The number of rotatable bonds is 7. The minimum Gasteiger partial charge on any atom is -0.451 e. The molecule has 2 fully saturated rings. The molecule has 3 aromatic rings. The molecule has 2 heterocycles. The molecule has 7 nitrogen and oxygen atoms in total. The lowest BCUT2D eigenvalue weighted by atomic mass is 9.89. The van der Waals surface area contributed by atoms with Crippen molar-refractivity contribution in [3.05, 3.63) is 108 Å². The smallest absolute Gasteiger partial charge is 0.331 e. The van der Waals surface area contributed by atoms with Crippen molar-refractivity contribution < 1.29 is 23.9 Å². The maximum atomic E-state index is 13.7. The fraction of sp³-hybridized carbons (Fsp3) is 0.250. The normalized spacial score (nSPS) is 24.7. The van der Waals surface area contributed by atoms with Crippen LogP contribution in [0.5, 0.6) is 0 Å². The third-order valence-electron chi connectivity index (χ3n) is 6.55. The number of amides is 2. The maximum absolute atomic E-state index is 13.7. The Morgan fingerprint density at radius 1 is 0.973 bits per heavy atom. The average molecular weight is 539 g/mol. The van der Waals surface area contributed by atoms with Crippen molar-refractivity contribution in [3.63, 3.8) is 0 Å². The van der Waals surface area contributed by atoms with Gasteiger partial charge in [-0.25, -0.2) is 4.79 Å². The summed E-state index contributed by atoms with van der Waals surface area (Å²) in [7, 11) is 0. The molecule has 190 valence electrons. The van der Waals surface area contributed by atoms with Crippen LogP contribution in [-0.4, -0.2) is 58.4 Å². The SMILES string of the molecule is O=C(N[C@H]1C(=O)N2[C@@H]1OC[C@@](Cl)(CCl)[C@@H]2C(=O)OC(c1ccccc1)c1ccccc1)c1ccccc1. The van der Waals surface area contributed by atoms with Gasteiger partial charge in [-0.2, -0.15) is 0 Å². The minimum absolute atomic E-state index is 0.106. The van der Waals surface area contributed by atoms with E-state index in [2.05, 4.69) is 5.32 Å². The molecular weight excluding hydrogens is 515 g/mol. The van der Waals surface area contributed by atoms with Crippen LogP contribution in [-0.2, 0) is 19.1 Å². The molecule has 0 saturated carbocycles. The van der Waals surface area contributed by atoms with Crippen molar-refractivity contribution in [2.75, 3.05) is 12.5 Å². The Morgan fingerprint density at radius 3 is 2.05 bits per heavy atom. The zero-order valence-electron chi connectivity index (χ0n) is 19.6. The Morgan fingerprint density at radius 2 is 1.51 bits per heavy atom. The number of hydrogen-bond donors (Lipinski definition) is 1. The Hall–Kier alpha value is -3.39. The van der Waals surface area contributed by atoms with E-state index in [4.69, 9.17) is 32.7 Å². The third kappa shape index (κ3) is 4.82. The largest absolute Gasteiger partial charge is 0.451 e. The van der Waals surface area contributed by atoms with Gasteiger partial charge in [0.25, 0.3) is 11.8 Å². The molecule has 2 amide bonds. The summed E-state index contributed by atoms with van der Waals surface area (Å²) in [5.41, 5.74) is 1.93. The van der Waals surface area contributed by atoms with Gasteiger partial charge in [-0.05, 0) is 23.3 Å². The molecule has 2 aliphatic heterocycles. The fourth-order valence-electron chi connectivity index (χ4n) is 4.64. The fourth-order valence-corrected chi connectivity index (χ4v) is 5.12. The molecule has 5 rings (SSSR count). The number of esters is 1. The van der Waals surface area contributed by atoms with Gasteiger partial charge in [-0.1, -0.05) is 78.9 Å². The number of benzene rings is 3. The van der Waals surface area contributed by atoms with Crippen LogP contribution < -0.4 is 5.32 Å². The molecule has 0 spiro atoms. The highest BCUT2D eigenvalue weighted by Crippen LogP contribution is 2.41. The Balaban J connectivity index is 1.39. The van der Waals surface area contributed by atoms with Crippen molar-refractivity contribution in [3.8, 4) is 0 Å². The molecule has 2 aliphatic rings. The van der Waals surface area contributed by atoms with Crippen molar-refractivity contribution >= 4 is 41.0 Å². The predicted molar refractivity (Wildman–Crippen MR) is 138 cm³/mol. The first-order chi connectivity index (χ1) is 17.9. The van der Waals surface area contributed by atoms with E-state index in [0.717, 1.165) is 11.1 Å². The Kier molecular flexibility index (Phi) is 7.20.